The van der Waals surface area contributed by atoms with Crippen LogP contribution in [0.2, 0.25) is 0 Å². The molecule has 0 bridgehead atoms. The average molecular weight is 443 g/mol. The smallest absolute Gasteiger partial charge is 0.256 e. The second-order valence-electron chi connectivity index (χ2n) is 6.69. The lowest BCUT2D eigenvalue weighted by Gasteiger charge is -2.23. The fourth-order valence-corrected chi connectivity index (χ4v) is 3.45. The molecule has 0 saturated heterocycles. The molecule has 1 aliphatic heterocycles. The maximum Gasteiger partial charge on any atom is 0.256 e. The maximum absolute atomic E-state index is 12.6. The lowest BCUT2D eigenvalue weighted by molar-refractivity contribution is -0.117. The van der Waals surface area contributed by atoms with Gasteiger partial charge in [0.2, 0.25) is 0 Å². The van der Waals surface area contributed by atoms with Gasteiger partial charge in [-0.05, 0) is 18.2 Å². The number of thiocarbonyl (C=S) groups is 1. The zero-order valence-corrected chi connectivity index (χ0v) is 18.4. The van der Waals surface area contributed by atoms with Crippen molar-refractivity contribution in [3.8, 4) is 11.5 Å². The van der Waals surface area contributed by atoms with Crippen LogP contribution >= 0.6 is 12.2 Å². The number of para-hydroxylation sites is 2. The Hall–Kier alpha value is -3.17. The molecule has 0 unspecified atom stereocenters. The largest absolute Gasteiger partial charge is 0.495 e. The lowest BCUT2D eigenvalue weighted by Crippen LogP contribution is -2.39. The normalized spacial score (nSPS) is 13.4. The first-order valence-corrected chi connectivity index (χ1v) is 10.3. The fraction of sp³-hybridized carbons (Fsp3) is 0.318. The highest BCUT2D eigenvalue weighted by Crippen LogP contribution is 2.25. The number of hydrogen-bond acceptors (Lipinski definition) is 7. The van der Waals surface area contributed by atoms with E-state index in [0.717, 1.165) is 11.3 Å². The molecule has 0 atom stereocenters. The summed E-state index contributed by atoms with van der Waals surface area (Å²) >= 11 is 5.57. The van der Waals surface area contributed by atoms with E-state index < -0.39 is 0 Å². The molecule has 164 valence electrons. The van der Waals surface area contributed by atoms with Gasteiger partial charge in [-0.3, -0.25) is 9.78 Å². The van der Waals surface area contributed by atoms with Gasteiger partial charge in [0, 0.05) is 44.1 Å². The Morgan fingerprint density at radius 1 is 1.19 bits per heavy atom. The minimum Gasteiger partial charge on any atom is -0.495 e. The number of nitrogens with one attached hydrogen (secondary N) is 3. The summed E-state index contributed by atoms with van der Waals surface area (Å²) < 4.78 is 16.1. The quantitative estimate of drug-likeness (QED) is 0.382. The molecule has 1 amide bonds. The van der Waals surface area contributed by atoms with Gasteiger partial charge >= 0.3 is 0 Å². The van der Waals surface area contributed by atoms with E-state index in [1.54, 1.807) is 26.6 Å². The third-order valence-corrected chi connectivity index (χ3v) is 4.99. The number of amides is 1. The van der Waals surface area contributed by atoms with Crippen LogP contribution in [0.5, 0.6) is 11.5 Å². The summed E-state index contributed by atoms with van der Waals surface area (Å²) in [5.41, 5.74) is 2.81. The summed E-state index contributed by atoms with van der Waals surface area (Å²) in [5.74, 6) is 1.10. The van der Waals surface area contributed by atoms with E-state index in [0.29, 0.717) is 60.5 Å². The Labute approximate surface area is 187 Å². The first-order chi connectivity index (χ1) is 15.1. The van der Waals surface area contributed by atoms with E-state index in [1.165, 1.54) is 0 Å². The van der Waals surface area contributed by atoms with Gasteiger partial charge in [-0.15, -0.1) is 0 Å². The monoisotopic (exact) mass is 442 g/mol. The van der Waals surface area contributed by atoms with Crippen molar-refractivity contribution < 1.29 is 19.0 Å². The molecule has 0 fully saturated rings. The van der Waals surface area contributed by atoms with Gasteiger partial charge in [-0.2, -0.15) is 0 Å². The third-order valence-electron chi connectivity index (χ3n) is 4.68. The number of nitrogens with zero attached hydrogens (tertiary/aromatic N) is 1. The second-order valence-corrected chi connectivity index (χ2v) is 7.10. The number of aromatic nitrogens is 1. The number of carbonyl (C=O) groups is 1. The molecule has 0 spiro atoms. The first-order valence-electron chi connectivity index (χ1n) is 9.88. The summed E-state index contributed by atoms with van der Waals surface area (Å²) in [6.07, 6.45) is 4.01. The van der Waals surface area contributed by atoms with Crippen molar-refractivity contribution in [2.24, 2.45) is 0 Å². The SMILES string of the molecule is COCCOc1cnccc1CNC1=C(C(=S)Nc2ccccc2OC)C(=O)NCC1. The zero-order valence-electron chi connectivity index (χ0n) is 17.6. The number of carbonyl (C=O) groups excluding carboxylic acids is 1. The Bertz CT molecular complexity index is 964. The Balaban J connectivity index is 1.77. The van der Waals surface area contributed by atoms with Crippen molar-refractivity contribution in [2.75, 3.05) is 39.3 Å². The van der Waals surface area contributed by atoms with Gasteiger partial charge in [0.25, 0.3) is 5.91 Å². The number of benzene rings is 1. The molecule has 3 N–H and O–H groups in total. The summed E-state index contributed by atoms with van der Waals surface area (Å²) in [7, 11) is 3.21. The maximum atomic E-state index is 12.6. The predicted octanol–water partition coefficient (Wildman–Crippen LogP) is 2.42. The van der Waals surface area contributed by atoms with E-state index in [-0.39, 0.29) is 5.91 Å². The van der Waals surface area contributed by atoms with Crippen LogP contribution in [0.15, 0.2) is 54.0 Å². The van der Waals surface area contributed by atoms with Crippen LogP contribution in [-0.4, -0.2) is 49.9 Å². The first kappa shape index (κ1) is 22.5. The molecule has 1 aliphatic rings. The van der Waals surface area contributed by atoms with Gasteiger partial charge in [0.05, 0.1) is 31.2 Å². The van der Waals surface area contributed by atoms with Gasteiger partial charge in [-0.25, -0.2) is 0 Å². The summed E-state index contributed by atoms with van der Waals surface area (Å²) in [5, 5.41) is 9.36. The molecule has 9 heteroatoms. The summed E-state index contributed by atoms with van der Waals surface area (Å²) in [6, 6.07) is 9.29. The lowest BCUT2D eigenvalue weighted by atomic mass is 10.1. The number of methoxy groups -OCH3 is 2. The minimum atomic E-state index is -0.215. The van der Waals surface area contributed by atoms with Gasteiger partial charge < -0.3 is 30.2 Å². The molecular formula is C22H26N4O4S. The van der Waals surface area contributed by atoms with E-state index >= 15 is 0 Å². The van der Waals surface area contributed by atoms with Crippen LogP contribution in [0.3, 0.4) is 0 Å². The average Bonchev–Trinajstić information content (AvgIpc) is 2.79. The zero-order chi connectivity index (χ0) is 22.1. The van der Waals surface area contributed by atoms with E-state index in [2.05, 4.69) is 20.9 Å². The molecule has 2 heterocycles. The Morgan fingerprint density at radius 3 is 2.84 bits per heavy atom. The number of ether oxygens (including phenoxy) is 3. The topological polar surface area (TPSA) is 93.7 Å². The van der Waals surface area contributed by atoms with Crippen LogP contribution in [0.25, 0.3) is 0 Å². The predicted molar refractivity (Wildman–Crippen MR) is 122 cm³/mol. The van der Waals surface area contributed by atoms with E-state index in [4.69, 9.17) is 26.4 Å². The van der Waals surface area contributed by atoms with Crippen LogP contribution in [-0.2, 0) is 16.1 Å². The molecule has 8 nitrogen and oxygen atoms in total. The molecule has 3 rings (SSSR count). The highest BCUT2D eigenvalue weighted by Gasteiger charge is 2.24. The van der Waals surface area contributed by atoms with E-state index in [9.17, 15) is 4.79 Å². The van der Waals surface area contributed by atoms with Gasteiger partial charge in [-0.1, -0.05) is 24.4 Å². The molecule has 31 heavy (non-hydrogen) atoms. The fourth-order valence-electron chi connectivity index (χ4n) is 3.12. The molecule has 2 aromatic rings. The van der Waals surface area contributed by atoms with Crippen molar-refractivity contribution in [3.05, 3.63) is 59.6 Å². The van der Waals surface area contributed by atoms with Crippen molar-refractivity contribution in [1.82, 2.24) is 15.6 Å². The third kappa shape index (κ3) is 5.93. The molecular weight excluding hydrogens is 416 g/mol. The van der Waals surface area contributed by atoms with Gasteiger partial charge in [0.1, 0.15) is 23.1 Å². The van der Waals surface area contributed by atoms with Crippen LogP contribution < -0.4 is 25.4 Å². The molecule has 1 aromatic carbocycles. The summed E-state index contributed by atoms with van der Waals surface area (Å²) in [4.78, 5) is 17.1. The number of hydrogen-bond donors (Lipinski definition) is 3. The molecule has 0 aliphatic carbocycles. The molecule has 0 radical (unpaired) electrons. The van der Waals surface area contributed by atoms with Crippen LogP contribution in [0, 0.1) is 0 Å². The van der Waals surface area contributed by atoms with Crippen molar-refractivity contribution >= 4 is 28.8 Å². The molecule has 0 saturated carbocycles. The van der Waals surface area contributed by atoms with Crippen LogP contribution in [0.1, 0.15) is 12.0 Å². The highest BCUT2D eigenvalue weighted by atomic mass is 32.1. The standard InChI is InChI=1S/C22H26N4O4S/c1-28-11-12-30-19-14-23-9-7-15(19)13-25-17-8-10-24-21(27)20(17)22(31)26-16-5-3-4-6-18(16)29-2/h3-7,9,14,25H,8,10-13H2,1-2H3,(H,24,27)(H,26,31). The van der Waals surface area contributed by atoms with Crippen molar-refractivity contribution in [3.63, 3.8) is 0 Å². The number of rotatable bonds is 10. The summed E-state index contributed by atoms with van der Waals surface area (Å²) in [6.45, 7) is 1.92. The highest BCUT2D eigenvalue weighted by molar-refractivity contribution is 7.81. The molecule has 1 aromatic heterocycles. The van der Waals surface area contributed by atoms with Crippen molar-refractivity contribution in [2.45, 2.75) is 13.0 Å². The van der Waals surface area contributed by atoms with Gasteiger partial charge in [0.15, 0.2) is 0 Å². The second kappa shape index (κ2) is 11.3. The number of anilines is 1. The van der Waals surface area contributed by atoms with E-state index in [1.807, 2.05) is 30.3 Å². The Morgan fingerprint density at radius 2 is 2.03 bits per heavy atom. The Kier molecular flexibility index (Phi) is 8.19. The van der Waals surface area contributed by atoms with Crippen LogP contribution in [0.4, 0.5) is 5.69 Å². The minimum absolute atomic E-state index is 0.215. The number of pyridine rings is 1. The van der Waals surface area contributed by atoms with Crippen molar-refractivity contribution in [1.29, 1.82) is 0 Å².